The first-order valence-corrected chi connectivity index (χ1v) is 2.07. The average Bonchev–Trinajstić information content (AvgIpc) is 1.61. The molecule has 3 nitrogen and oxygen atoms in total. The second-order valence-electron chi connectivity index (χ2n) is 1.03. The van der Waals surface area contributed by atoms with E-state index in [0.717, 1.165) is 0 Å². The number of hydrogen-bond donors (Lipinski definition) is 1. The monoisotopic (exact) mass is 134 g/mol. The van der Waals surface area contributed by atoms with Gasteiger partial charge in [-0.2, -0.15) is 0 Å². The van der Waals surface area contributed by atoms with Crippen molar-refractivity contribution in [1.82, 2.24) is 0 Å². The molecule has 0 fully saturated rings. The van der Waals surface area contributed by atoms with Crippen molar-refractivity contribution in [2.75, 3.05) is 13.2 Å². The second-order valence-corrected chi connectivity index (χ2v) is 1.03. The first-order chi connectivity index (χ1) is 3.27. The number of rotatable bonds is 3. The van der Waals surface area contributed by atoms with E-state index in [4.69, 9.17) is 5.11 Å². The largest absolute Gasteiger partial charge is 0.480 e. The Bertz CT molecular complexity index is 64.3. The molecular weight excluding hydrogens is 123 g/mol. The van der Waals surface area contributed by atoms with E-state index >= 15 is 0 Å². The fourth-order valence-corrected chi connectivity index (χ4v) is 0.189. The molecule has 0 unspecified atom stereocenters. The molecule has 0 amide bonds. The maximum Gasteiger partial charge on any atom is 0.329 e. The summed E-state index contributed by atoms with van der Waals surface area (Å²) >= 11 is 0. The van der Waals surface area contributed by atoms with Gasteiger partial charge in [0.25, 0.3) is 0 Å². The van der Waals surface area contributed by atoms with Gasteiger partial charge in [0.2, 0.25) is 0 Å². The summed E-state index contributed by atoms with van der Waals surface area (Å²) in [5.74, 6) is -0.915. The number of hydrogen-bond acceptors (Lipinski definition) is 2. The van der Waals surface area contributed by atoms with Crippen LogP contribution < -0.4 is 0 Å². The third kappa shape index (κ3) is 9.35. The number of carbonyl (C=O) groups is 1. The molecule has 0 aliphatic carbocycles. The van der Waals surface area contributed by atoms with Crippen LogP contribution in [0.5, 0.6) is 0 Å². The minimum Gasteiger partial charge on any atom is -0.480 e. The Kier molecular flexibility index (Phi) is 9.45. The van der Waals surface area contributed by atoms with E-state index in [2.05, 4.69) is 4.74 Å². The van der Waals surface area contributed by atoms with Gasteiger partial charge >= 0.3 is 5.97 Å². The summed E-state index contributed by atoms with van der Waals surface area (Å²) in [6.45, 7) is 2.03. The van der Waals surface area contributed by atoms with Gasteiger partial charge in [-0.15, -0.1) is 0 Å². The van der Waals surface area contributed by atoms with Crippen molar-refractivity contribution < 1.29 is 14.6 Å². The topological polar surface area (TPSA) is 46.5 Å². The smallest absolute Gasteiger partial charge is 0.329 e. The normalized spacial score (nSPS) is 7.62. The predicted molar refractivity (Wildman–Crippen MR) is 34.1 cm³/mol. The number of ether oxygens (including phenoxy) is 1. The minimum absolute atomic E-state index is 0. The molecule has 0 aliphatic heterocycles. The van der Waals surface area contributed by atoms with Gasteiger partial charge in [0.15, 0.2) is 17.4 Å². The molecule has 0 heterocycles. The Balaban J connectivity index is 0. The summed E-state index contributed by atoms with van der Waals surface area (Å²) in [6, 6.07) is 0. The lowest BCUT2D eigenvalue weighted by Gasteiger charge is -1.90. The van der Waals surface area contributed by atoms with E-state index in [1.165, 1.54) is 0 Å². The highest BCUT2D eigenvalue weighted by Gasteiger charge is 1.90. The maximum atomic E-state index is 9.63. The van der Waals surface area contributed by atoms with Gasteiger partial charge < -0.3 is 9.84 Å². The van der Waals surface area contributed by atoms with E-state index in [0.29, 0.717) is 6.61 Å². The maximum absolute atomic E-state index is 9.63. The van der Waals surface area contributed by atoms with E-state index in [9.17, 15) is 4.79 Å². The Labute approximate surface area is 58.8 Å². The molecule has 0 aromatic rings. The Hall–Kier alpha value is -0.0375. The molecule has 0 spiro atoms. The van der Waals surface area contributed by atoms with Crippen LogP contribution in [0, 0.1) is 0 Å². The highest BCUT2D eigenvalue weighted by atomic mass is 27.0. The summed E-state index contributed by atoms with van der Waals surface area (Å²) < 4.78 is 4.50. The van der Waals surface area contributed by atoms with Crippen molar-refractivity contribution in [3.05, 3.63) is 0 Å². The number of carboxylic acids is 1. The summed E-state index contributed by atoms with van der Waals surface area (Å²) in [5.41, 5.74) is 0. The number of aliphatic carboxylic acids is 1. The Morgan fingerprint density at radius 2 is 2.25 bits per heavy atom. The molecule has 1 N–H and O–H groups in total. The molecule has 0 aromatic carbocycles. The molecule has 4 heteroatoms. The molecule has 0 rings (SSSR count). The van der Waals surface area contributed by atoms with Crippen LogP contribution in [0.15, 0.2) is 0 Å². The Morgan fingerprint density at radius 3 is 2.38 bits per heavy atom. The summed E-state index contributed by atoms with van der Waals surface area (Å²) in [5, 5.41) is 7.92. The minimum atomic E-state index is -0.915. The van der Waals surface area contributed by atoms with Crippen LogP contribution in [0.1, 0.15) is 6.92 Å². The molecular formula is C4H11AlO3. The standard InChI is InChI=1S/C4H8O3.Al.3H/c1-2-7-3-4(5)6;;;;/h2-3H2,1H3,(H,5,6);;;;. The van der Waals surface area contributed by atoms with Crippen LogP contribution >= 0.6 is 0 Å². The number of carboxylic acid groups (broad SMARTS) is 1. The van der Waals surface area contributed by atoms with Crippen LogP contribution in [-0.4, -0.2) is 41.7 Å². The van der Waals surface area contributed by atoms with Crippen LogP contribution in [0.25, 0.3) is 0 Å². The first kappa shape index (κ1) is 10.9. The molecule has 0 saturated heterocycles. The van der Waals surface area contributed by atoms with Crippen molar-refractivity contribution >= 4 is 23.3 Å². The summed E-state index contributed by atoms with van der Waals surface area (Å²) in [7, 11) is 0. The van der Waals surface area contributed by atoms with Crippen molar-refractivity contribution in [2.45, 2.75) is 6.92 Å². The molecule has 0 aliphatic rings. The van der Waals surface area contributed by atoms with E-state index in [1.807, 2.05) is 0 Å². The quantitative estimate of drug-likeness (QED) is 0.499. The lowest BCUT2D eigenvalue weighted by atomic mass is 10.7. The molecule has 0 aromatic heterocycles. The zero-order valence-electron chi connectivity index (χ0n) is 4.18. The van der Waals surface area contributed by atoms with Crippen LogP contribution in [0.2, 0.25) is 0 Å². The fraction of sp³-hybridized carbons (Fsp3) is 0.750. The van der Waals surface area contributed by atoms with Gasteiger partial charge in [0.1, 0.15) is 6.61 Å². The lowest BCUT2D eigenvalue weighted by Crippen LogP contribution is -2.05. The molecule has 0 saturated carbocycles. The third-order valence-electron chi connectivity index (χ3n) is 0.430. The van der Waals surface area contributed by atoms with Crippen LogP contribution in [0.4, 0.5) is 0 Å². The SMILES string of the molecule is CCOCC(=O)O.[AlH3]. The molecule has 0 radical (unpaired) electrons. The zero-order valence-corrected chi connectivity index (χ0v) is 4.18. The van der Waals surface area contributed by atoms with Gasteiger partial charge in [-0.1, -0.05) is 0 Å². The zero-order chi connectivity index (χ0) is 5.70. The predicted octanol–water partition coefficient (Wildman–Crippen LogP) is -1.08. The van der Waals surface area contributed by atoms with Gasteiger partial charge in [0, 0.05) is 6.61 Å². The van der Waals surface area contributed by atoms with Crippen molar-refractivity contribution in [3.8, 4) is 0 Å². The van der Waals surface area contributed by atoms with Gasteiger partial charge in [-0.3, -0.25) is 0 Å². The fourth-order valence-electron chi connectivity index (χ4n) is 0.189. The van der Waals surface area contributed by atoms with Crippen LogP contribution in [-0.2, 0) is 9.53 Å². The highest BCUT2D eigenvalue weighted by molar-refractivity contribution is 5.75. The van der Waals surface area contributed by atoms with Crippen molar-refractivity contribution in [2.24, 2.45) is 0 Å². The summed E-state index contributed by atoms with van der Waals surface area (Å²) in [4.78, 5) is 9.63. The molecule has 0 bridgehead atoms. The Morgan fingerprint density at radius 1 is 1.75 bits per heavy atom. The van der Waals surface area contributed by atoms with E-state index in [-0.39, 0.29) is 24.0 Å². The first-order valence-electron chi connectivity index (χ1n) is 2.07. The summed E-state index contributed by atoms with van der Waals surface area (Å²) in [6.07, 6.45) is 0. The second kappa shape index (κ2) is 6.96. The van der Waals surface area contributed by atoms with Crippen molar-refractivity contribution in [3.63, 3.8) is 0 Å². The van der Waals surface area contributed by atoms with Gasteiger partial charge in [0.05, 0.1) is 0 Å². The highest BCUT2D eigenvalue weighted by Crippen LogP contribution is 1.69. The molecule has 0 atom stereocenters. The average molecular weight is 134 g/mol. The van der Waals surface area contributed by atoms with Crippen LogP contribution in [0.3, 0.4) is 0 Å². The van der Waals surface area contributed by atoms with Gasteiger partial charge in [-0.25, -0.2) is 4.79 Å². The van der Waals surface area contributed by atoms with E-state index < -0.39 is 5.97 Å². The van der Waals surface area contributed by atoms with Gasteiger partial charge in [-0.05, 0) is 6.92 Å². The molecule has 48 valence electrons. The van der Waals surface area contributed by atoms with E-state index in [1.54, 1.807) is 6.92 Å². The lowest BCUT2D eigenvalue weighted by molar-refractivity contribution is -0.142. The third-order valence-corrected chi connectivity index (χ3v) is 0.430. The van der Waals surface area contributed by atoms with Crippen molar-refractivity contribution in [1.29, 1.82) is 0 Å². The molecule has 8 heavy (non-hydrogen) atoms.